The Kier molecular flexibility index (Phi) is 7.20. The number of nitrogens with one attached hydrogen (secondary N) is 1. The Balaban J connectivity index is 0.00000200. The summed E-state index contributed by atoms with van der Waals surface area (Å²) in [7, 11) is 0. The zero-order valence-corrected chi connectivity index (χ0v) is 13.1. The highest BCUT2D eigenvalue weighted by Crippen LogP contribution is 2.34. The van der Waals surface area contributed by atoms with E-state index in [1.165, 1.54) is 6.07 Å². The molecule has 0 unspecified atom stereocenters. The molecule has 0 amide bonds. The van der Waals surface area contributed by atoms with Gasteiger partial charge in [0.15, 0.2) is 0 Å². The molecular weight excluding hydrogens is 302 g/mol. The van der Waals surface area contributed by atoms with Crippen molar-refractivity contribution in [2.45, 2.75) is 19.4 Å². The highest BCUT2D eigenvalue weighted by atomic mass is 35.5. The second-order valence-corrected chi connectivity index (χ2v) is 5.28. The fraction of sp³-hybridized carbons (Fsp3) is 0.571. The summed E-state index contributed by atoms with van der Waals surface area (Å²) in [5, 5.41) is 13.0. The van der Waals surface area contributed by atoms with E-state index in [9.17, 15) is 9.50 Å². The number of aryl methyl sites for hydroxylation is 1. The normalized spacial score (nSPS) is 17.6. The zero-order valence-electron chi connectivity index (χ0n) is 11.5. The predicted octanol–water partition coefficient (Wildman–Crippen LogP) is 2.54. The van der Waals surface area contributed by atoms with E-state index < -0.39 is 0 Å². The molecule has 2 N–H and O–H groups in total. The zero-order chi connectivity index (χ0) is 13.8. The van der Waals surface area contributed by atoms with Crippen molar-refractivity contribution in [3.8, 4) is 0 Å². The van der Waals surface area contributed by atoms with Gasteiger partial charge in [0.05, 0.1) is 5.02 Å². The molecule has 20 heavy (non-hydrogen) atoms. The number of hydrogen-bond donors (Lipinski definition) is 2. The van der Waals surface area contributed by atoms with Crippen molar-refractivity contribution in [3.63, 3.8) is 0 Å². The average molecular weight is 323 g/mol. The van der Waals surface area contributed by atoms with Gasteiger partial charge in [-0.1, -0.05) is 17.7 Å². The van der Waals surface area contributed by atoms with Gasteiger partial charge in [-0.15, -0.1) is 12.4 Å². The van der Waals surface area contributed by atoms with Crippen LogP contribution in [0.3, 0.4) is 0 Å². The minimum Gasteiger partial charge on any atom is -0.396 e. The lowest BCUT2D eigenvalue weighted by atomic mass is 9.98. The summed E-state index contributed by atoms with van der Waals surface area (Å²) in [6, 6.07) is 3.00. The van der Waals surface area contributed by atoms with E-state index in [0.717, 1.165) is 31.7 Å². The van der Waals surface area contributed by atoms with Crippen LogP contribution in [0.25, 0.3) is 0 Å². The maximum absolute atomic E-state index is 14.2. The molecule has 1 fully saturated rings. The van der Waals surface area contributed by atoms with Gasteiger partial charge in [0.1, 0.15) is 5.82 Å². The minimum absolute atomic E-state index is 0. The van der Waals surface area contributed by atoms with Gasteiger partial charge < -0.3 is 10.4 Å². The number of hydrogen-bond acceptors (Lipinski definition) is 3. The fourth-order valence-corrected chi connectivity index (χ4v) is 2.89. The van der Waals surface area contributed by atoms with Crippen molar-refractivity contribution in [2.24, 2.45) is 0 Å². The molecule has 1 aliphatic heterocycles. The van der Waals surface area contributed by atoms with Crippen LogP contribution in [0.2, 0.25) is 5.02 Å². The van der Waals surface area contributed by atoms with Crippen LogP contribution in [0.4, 0.5) is 4.39 Å². The Morgan fingerprint density at radius 3 is 2.65 bits per heavy atom. The van der Waals surface area contributed by atoms with E-state index in [1.54, 1.807) is 6.07 Å². The molecule has 6 heteroatoms. The van der Waals surface area contributed by atoms with Crippen molar-refractivity contribution in [2.75, 3.05) is 32.8 Å². The molecule has 1 aromatic rings. The molecule has 1 aromatic carbocycles. The minimum atomic E-state index is -0.285. The number of nitrogens with zero attached hydrogens (tertiary/aromatic N) is 1. The maximum atomic E-state index is 14.2. The Labute approximate surface area is 130 Å². The van der Waals surface area contributed by atoms with Crippen molar-refractivity contribution in [1.29, 1.82) is 0 Å². The van der Waals surface area contributed by atoms with Gasteiger partial charge >= 0.3 is 0 Å². The molecule has 1 atom stereocenters. The van der Waals surface area contributed by atoms with Crippen LogP contribution in [-0.2, 0) is 0 Å². The van der Waals surface area contributed by atoms with Gasteiger partial charge in [-0.25, -0.2) is 4.39 Å². The standard InChI is InChI=1S/C14H20ClFN2O.ClH/c1-10-2-3-11(16)13(14(10)15)12(4-9-19)18-7-5-17-6-8-18;/h2-3,12,17,19H,4-9H2,1H3;1H/t12-;/m0./s1. The van der Waals surface area contributed by atoms with Gasteiger partial charge in [-0.05, 0) is 25.0 Å². The first-order valence-corrected chi connectivity index (χ1v) is 7.03. The van der Waals surface area contributed by atoms with Gasteiger partial charge in [-0.2, -0.15) is 0 Å². The van der Waals surface area contributed by atoms with Crippen molar-refractivity contribution < 1.29 is 9.50 Å². The van der Waals surface area contributed by atoms with Gasteiger partial charge in [0.25, 0.3) is 0 Å². The first-order valence-electron chi connectivity index (χ1n) is 6.65. The number of aliphatic hydroxyl groups is 1. The molecular formula is C14H21Cl2FN2O. The van der Waals surface area contributed by atoms with Crippen molar-refractivity contribution in [3.05, 3.63) is 34.1 Å². The predicted molar refractivity (Wildman–Crippen MR) is 82.3 cm³/mol. The summed E-state index contributed by atoms with van der Waals surface area (Å²) in [6.45, 7) is 5.35. The Morgan fingerprint density at radius 2 is 2.05 bits per heavy atom. The molecule has 1 saturated heterocycles. The molecule has 0 aliphatic carbocycles. The summed E-state index contributed by atoms with van der Waals surface area (Å²) in [5.41, 5.74) is 1.40. The second kappa shape index (κ2) is 8.15. The number of benzene rings is 1. The third-order valence-electron chi connectivity index (χ3n) is 3.65. The van der Waals surface area contributed by atoms with Crippen LogP contribution in [0, 0.1) is 12.7 Å². The lowest BCUT2D eigenvalue weighted by molar-refractivity contribution is 0.138. The summed E-state index contributed by atoms with van der Waals surface area (Å²) < 4.78 is 14.2. The quantitative estimate of drug-likeness (QED) is 0.894. The molecule has 0 bridgehead atoms. The molecule has 2 rings (SSSR count). The number of piperazine rings is 1. The Hall–Kier alpha value is -0.390. The Morgan fingerprint density at radius 1 is 1.40 bits per heavy atom. The van der Waals surface area contributed by atoms with Crippen molar-refractivity contribution >= 4 is 24.0 Å². The average Bonchev–Trinajstić information content (AvgIpc) is 2.43. The number of halogens is 3. The maximum Gasteiger partial charge on any atom is 0.129 e. The van der Waals surface area contributed by atoms with E-state index >= 15 is 0 Å². The topological polar surface area (TPSA) is 35.5 Å². The smallest absolute Gasteiger partial charge is 0.129 e. The monoisotopic (exact) mass is 322 g/mol. The first kappa shape index (κ1) is 17.7. The van der Waals surface area contributed by atoms with Crippen LogP contribution in [0.5, 0.6) is 0 Å². The van der Waals surface area contributed by atoms with Crippen LogP contribution in [0.1, 0.15) is 23.6 Å². The number of aliphatic hydroxyl groups excluding tert-OH is 1. The van der Waals surface area contributed by atoms with E-state index in [2.05, 4.69) is 10.2 Å². The molecule has 0 spiro atoms. The van der Waals surface area contributed by atoms with Crippen LogP contribution in [0.15, 0.2) is 12.1 Å². The lowest BCUT2D eigenvalue weighted by Crippen LogP contribution is -2.45. The van der Waals surface area contributed by atoms with Gasteiger partial charge in [0.2, 0.25) is 0 Å². The second-order valence-electron chi connectivity index (χ2n) is 4.91. The highest BCUT2D eigenvalue weighted by molar-refractivity contribution is 6.32. The summed E-state index contributed by atoms with van der Waals surface area (Å²) in [4.78, 5) is 2.19. The lowest BCUT2D eigenvalue weighted by Gasteiger charge is -2.35. The SMILES string of the molecule is Cc1ccc(F)c([C@H](CCO)N2CCNCC2)c1Cl.Cl. The molecule has 0 saturated carbocycles. The number of rotatable bonds is 4. The summed E-state index contributed by atoms with van der Waals surface area (Å²) >= 11 is 6.28. The van der Waals surface area contributed by atoms with Crippen LogP contribution >= 0.6 is 24.0 Å². The van der Waals surface area contributed by atoms with Gasteiger partial charge in [0, 0.05) is 44.4 Å². The largest absolute Gasteiger partial charge is 0.396 e. The van der Waals surface area contributed by atoms with Gasteiger partial charge in [-0.3, -0.25) is 4.90 Å². The molecule has 1 heterocycles. The molecule has 114 valence electrons. The molecule has 0 aromatic heterocycles. The molecule has 3 nitrogen and oxygen atoms in total. The van der Waals surface area contributed by atoms with E-state index in [-0.39, 0.29) is 30.9 Å². The van der Waals surface area contributed by atoms with E-state index in [1.807, 2.05) is 6.92 Å². The van der Waals surface area contributed by atoms with Crippen molar-refractivity contribution in [1.82, 2.24) is 10.2 Å². The Bertz CT molecular complexity index is 439. The summed E-state index contributed by atoms with van der Waals surface area (Å²) in [6.07, 6.45) is 0.500. The van der Waals surface area contributed by atoms with E-state index in [4.69, 9.17) is 11.6 Å². The van der Waals surface area contributed by atoms with Crippen LogP contribution < -0.4 is 5.32 Å². The fourth-order valence-electron chi connectivity index (χ4n) is 2.61. The summed E-state index contributed by atoms with van der Waals surface area (Å²) in [5.74, 6) is -0.285. The molecule has 1 aliphatic rings. The third kappa shape index (κ3) is 3.83. The first-order chi connectivity index (χ1) is 9.15. The highest BCUT2D eigenvalue weighted by Gasteiger charge is 2.26. The van der Waals surface area contributed by atoms with E-state index in [0.29, 0.717) is 17.0 Å². The van der Waals surface area contributed by atoms with Crippen LogP contribution in [-0.4, -0.2) is 42.8 Å². The third-order valence-corrected chi connectivity index (χ3v) is 4.15. The molecule has 0 radical (unpaired) electrons.